The van der Waals surface area contributed by atoms with Crippen molar-refractivity contribution in [3.8, 4) is 0 Å². The van der Waals surface area contributed by atoms with E-state index in [2.05, 4.69) is 145 Å². The number of nitrogens with one attached hydrogen (secondary N) is 1. The topological polar surface area (TPSA) is 105 Å². The largest absolute Gasteiger partial charge is 0.387 e. The summed E-state index contributed by atoms with van der Waals surface area (Å²) in [6, 6.07) is 34.0. The van der Waals surface area contributed by atoms with Gasteiger partial charge in [-0.15, -0.1) is 11.6 Å². The van der Waals surface area contributed by atoms with Crippen molar-refractivity contribution in [3.05, 3.63) is 108 Å². The van der Waals surface area contributed by atoms with Crippen molar-refractivity contribution in [1.82, 2.24) is 20.0 Å². The van der Waals surface area contributed by atoms with Crippen LogP contribution in [0.3, 0.4) is 0 Å². The quantitative estimate of drug-likeness (QED) is 0.140. The molecule has 388 valence electrons. The zero-order valence-electron chi connectivity index (χ0n) is 45.5. The maximum absolute atomic E-state index is 10.7. The van der Waals surface area contributed by atoms with Crippen LogP contribution in [0.4, 0.5) is 11.4 Å². The number of piperazine rings is 2. The Hall–Kier alpha value is -3.43. The normalized spacial score (nSPS) is 17.3. The van der Waals surface area contributed by atoms with E-state index in [1.54, 1.807) is 25.6 Å². The van der Waals surface area contributed by atoms with Gasteiger partial charge in [0, 0.05) is 88.6 Å². The molecule has 0 amide bonds. The van der Waals surface area contributed by atoms with Gasteiger partial charge >= 0.3 is 0 Å². The second-order valence-corrected chi connectivity index (χ2v) is 26.2. The molecule has 4 aromatic rings. The van der Waals surface area contributed by atoms with E-state index in [0.717, 1.165) is 75.4 Å². The van der Waals surface area contributed by atoms with Gasteiger partial charge in [0.2, 0.25) is 0 Å². The highest BCUT2D eigenvalue weighted by molar-refractivity contribution is 7.99. The van der Waals surface area contributed by atoms with E-state index < -0.39 is 38.5 Å². The number of para-hydroxylation sites is 2. The first-order valence-electron chi connectivity index (χ1n) is 25.2. The molecular formula is C58H83ClN6O4S2. The molecule has 0 radical (unpaired) electrons. The van der Waals surface area contributed by atoms with Crippen molar-refractivity contribution in [2.24, 2.45) is 9.98 Å². The van der Waals surface area contributed by atoms with Crippen molar-refractivity contribution in [3.63, 3.8) is 0 Å². The molecule has 2 saturated heterocycles. The minimum absolute atomic E-state index is 0.229. The van der Waals surface area contributed by atoms with Crippen molar-refractivity contribution in [1.29, 1.82) is 0 Å². The average molecular weight is 1030 g/mol. The minimum Gasteiger partial charge on any atom is -0.387 e. The smallest absolute Gasteiger partial charge is 0.137 e. The van der Waals surface area contributed by atoms with E-state index >= 15 is 0 Å². The van der Waals surface area contributed by atoms with Crippen LogP contribution in [0.5, 0.6) is 0 Å². The number of alkyl halides is 1. The fraction of sp³-hybridized carbons (Fsp3) is 0.552. The molecule has 0 aromatic heterocycles. The molecule has 10 nitrogen and oxygen atoms in total. The second kappa shape index (κ2) is 21.8. The van der Waals surface area contributed by atoms with Gasteiger partial charge in [-0.1, -0.05) is 84.2 Å². The Morgan fingerprint density at radius 3 is 1.21 bits per heavy atom. The third kappa shape index (κ3) is 13.3. The molecule has 0 bridgehead atoms. The Bertz CT molecular complexity index is 2480. The van der Waals surface area contributed by atoms with Gasteiger partial charge in [-0.3, -0.25) is 4.90 Å². The first kappa shape index (κ1) is 56.9. The summed E-state index contributed by atoms with van der Waals surface area (Å²) < 4.78 is 12.6. The number of amidine groups is 2. The van der Waals surface area contributed by atoms with Crippen LogP contribution in [0, 0.1) is 0 Å². The maximum Gasteiger partial charge on any atom is 0.137 e. The monoisotopic (exact) mass is 1030 g/mol. The summed E-state index contributed by atoms with van der Waals surface area (Å²) >= 11 is 9.89. The van der Waals surface area contributed by atoms with Crippen LogP contribution in [-0.4, -0.2) is 133 Å². The Kier molecular flexibility index (Phi) is 17.5. The second-order valence-electron chi connectivity index (χ2n) is 23.1. The summed E-state index contributed by atoms with van der Waals surface area (Å²) in [5.41, 5.74) is 0.165. The van der Waals surface area contributed by atoms with Crippen LogP contribution in [0.2, 0.25) is 0 Å². The molecule has 0 atom stereocenters. The first-order valence-corrected chi connectivity index (χ1v) is 27.3. The summed E-state index contributed by atoms with van der Waals surface area (Å²) in [6.45, 7) is 39.0. The molecule has 3 N–H and O–H groups in total. The summed E-state index contributed by atoms with van der Waals surface area (Å²) in [5, 5.41) is 24.1. The average Bonchev–Trinajstić information content (AvgIpc) is 3.56. The number of aliphatic imine (C=N–C) groups is 2. The van der Waals surface area contributed by atoms with Crippen molar-refractivity contribution >= 4 is 58.2 Å². The zero-order valence-corrected chi connectivity index (χ0v) is 47.9. The van der Waals surface area contributed by atoms with Gasteiger partial charge in [-0.2, -0.15) is 0 Å². The third-order valence-corrected chi connectivity index (χ3v) is 18.3. The third-order valence-electron chi connectivity index (χ3n) is 15.5. The van der Waals surface area contributed by atoms with Crippen LogP contribution in [0.1, 0.15) is 122 Å². The van der Waals surface area contributed by atoms with Crippen molar-refractivity contribution < 1.29 is 19.7 Å². The molecule has 4 aliphatic rings. The van der Waals surface area contributed by atoms with E-state index in [9.17, 15) is 10.2 Å². The lowest BCUT2D eigenvalue weighted by atomic mass is 9.81. The molecule has 4 aromatic carbocycles. The highest BCUT2D eigenvalue weighted by atomic mass is 35.5. The van der Waals surface area contributed by atoms with Gasteiger partial charge in [-0.25, -0.2) is 9.98 Å². The van der Waals surface area contributed by atoms with Gasteiger partial charge in [-0.05, 0) is 147 Å². The van der Waals surface area contributed by atoms with E-state index in [4.69, 9.17) is 31.1 Å². The standard InChI is InChI=1S/C29H41N3O2S.C17H17N3S.C12H25ClO2/c1-26(2,28(5,6)34-29(7,8)27(3,4)33)32-19-17-31(18-20-32)25-21-13-9-11-15-23(21)35-24-16-12-10-14-22(24)30-25;1-3-7-15-13(5-1)17(20-11-9-18-10-12-20)19-14-6-2-4-8-16(14)21-15;1-9(2,13)11(5,6)15-12(7,8)10(3,4)14/h9-16,33H,17-20H2,1-8H3;1-8,18H,9-12H2;14H,1-8H3. The Morgan fingerprint density at radius 1 is 0.465 bits per heavy atom. The highest BCUT2D eigenvalue weighted by Crippen LogP contribution is 2.44. The van der Waals surface area contributed by atoms with Gasteiger partial charge < -0.3 is 34.8 Å². The molecule has 4 heterocycles. The summed E-state index contributed by atoms with van der Waals surface area (Å²) in [4.78, 5) is 22.0. The number of ether oxygens (including phenoxy) is 2. The van der Waals surface area contributed by atoms with Gasteiger partial charge in [0.25, 0.3) is 0 Å². The predicted molar refractivity (Wildman–Crippen MR) is 299 cm³/mol. The molecule has 2 fully saturated rings. The summed E-state index contributed by atoms with van der Waals surface area (Å²) in [6.07, 6.45) is 0. The SMILES string of the molecule is CC(C)(O)C(C)(C)OC(C)(C)C(C)(C)Cl.CC(C)(O)C(C)(C)OC(C)(C)C(C)(C)N1CCN(C2=Nc3ccccc3Sc3ccccc32)CC1.c1ccc2c(c1)N=C(N1CCNCC1)c1ccccc1S2. The van der Waals surface area contributed by atoms with Crippen LogP contribution in [0.25, 0.3) is 0 Å². The minimum atomic E-state index is -0.946. The van der Waals surface area contributed by atoms with Gasteiger partial charge in [0.15, 0.2) is 0 Å². The maximum atomic E-state index is 10.7. The lowest BCUT2D eigenvalue weighted by Crippen LogP contribution is -2.66. The fourth-order valence-electron chi connectivity index (χ4n) is 8.33. The van der Waals surface area contributed by atoms with Crippen molar-refractivity contribution in [2.75, 3.05) is 52.4 Å². The summed E-state index contributed by atoms with van der Waals surface area (Å²) in [7, 11) is 0. The highest BCUT2D eigenvalue weighted by Gasteiger charge is 2.50. The lowest BCUT2D eigenvalue weighted by molar-refractivity contribution is -0.238. The predicted octanol–water partition coefficient (Wildman–Crippen LogP) is 12.5. The van der Waals surface area contributed by atoms with Crippen LogP contribution >= 0.6 is 35.1 Å². The number of nitrogens with zero attached hydrogens (tertiary/aromatic N) is 5. The Morgan fingerprint density at radius 2 is 0.817 bits per heavy atom. The number of hydrogen-bond donors (Lipinski definition) is 3. The van der Waals surface area contributed by atoms with Crippen LogP contribution < -0.4 is 5.32 Å². The Balaban J connectivity index is 0.000000194. The fourth-order valence-corrected chi connectivity index (χ4v) is 10.4. The number of benzene rings is 4. The molecule has 0 aliphatic carbocycles. The molecule has 71 heavy (non-hydrogen) atoms. The molecule has 4 aliphatic heterocycles. The molecule has 13 heteroatoms. The van der Waals surface area contributed by atoms with E-state index in [-0.39, 0.29) is 5.54 Å². The first-order chi connectivity index (χ1) is 32.9. The Labute approximate surface area is 440 Å². The number of rotatable bonds is 9. The van der Waals surface area contributed by atoms with Crippen LogP contribution in [-0.2, 0) is 9.47 Å². The number of fused-ring (bicyclic) bond motifs is 4. The van der Waals surface area contributed by atoms with E-state index in [0.29, 0.717) is 0 Å². The lowest BCUT2D eigenvalue weighted by Gasteiger charge is -2.55. The zero-order chi connectivity index (χ0) is 52.4. The molecule has 0 spiro atoms. The van der Waals surface area contributed by atoms with Gasteiger partial charge in [0.05, 0.1) is 49.9 Å². The number of hydrogen-bond acceptors (Lipinski definition) is 12. The van der Waals surface area contributed by atoms with Gasteiger partial charge in [0.1, 0.15) is 11.7 Å². The van der Waals surface area contributed by atoms with E-state index in [1.165, 1.54) is 30.7 Å². The molecular weight excluding hydrogens is 944 g/mol. The van der Waals surface area contributed by atoms with Crippen LogP contribution in [0.15, 0.2) is 127 Å². The molecule has 8 rings (SSSR count). The van der Waals surface area contributed by atoms with E-state index in [1.807, 2.05) is 81.0 Å². The molecule has 0 unspecified atom stereocenters. The number of halogens is 1. The summed E-state index contributed by atoms with van der Waals surface area (Å²) in [5.74, 6) is 2.18. The number of aliphatic hydroxyl groups is 2. The molecule has 0 saturated carbocycles. The van der Waals surface area contributed by atoms with Crippen molar-refractivity contribution in [2.45, 2.75) is 174 Å².